The maximum Gasteiger partial charge on any atom is 0.272 e. The molecule has 0 aromatic carbocycles. The number of nitrogens with one attached hydrogen (secondary N) is 1. The van der Waals surface area contributed by atoms with Crippen molar-refractivity contribution in [2.24, 2.45) is 0 Å². The first kappa shape index (κ1) is 17.1. The molecule has 4 rings (SSSR count). The molecule has 0 saturated carbocycles. The number of amides is 1. The van der Waals surface area contributed by atoms with Gasteiger partial charge >= 0.3 is 0 Å². The van der Waals surface area contributed by atoms with Gasteiger partial charge < -0.3 is 10.2 Å². The van der Waals surface area contributed by atoms with Gasteiger partial charge in [-0.1, -0.05) is 6.07 Å². The summed E-state index contributed by atoms with van der Waals surface area (Å²) in [6.45, 7) is 5.24. The van der Waals surface area contributed by atoms with Gasteiger partial charge in [0.2, 0.25) is 0 Å². The molecule has 0 radical (unpaired) electrons. The smallest absolute Gasteiger partial charge is 0.272 e. The number of pyridine rings is 1. The van der Waals surface area contributed by atoms with Crippen LogP contribution in [0.1, 0.15) is 28.3 Å². The molecular weight excluding hydrogens is 342 g/mol. The largest absolute Gasteiger partial charge is 0.364 e. The van der Waals surface area contributed by atoms with Crippen molar-refractivity contribution in [1.29, 1.82) is 0 Å². The Morgan fingerprint density at radius 2 is 2.15 bits per heavy atom. The summed E-state index contributed by atoms with van der Waals surface area (Å²) in [6.07, 6.45) is 5.87. The van der Waals surface area contributed by atoms with Gasteiger partial charge in [-0.15, -0.1) is 0 Å². The second-order valence-corrected chi connectivity index (χ2v) is 6.70. The quantitative estimate of drug-likeness (QED) is 0.763. The Bertz CT molecular complexity index is 954. The first-order chi connectivity index (χ1) is 13.1. The Hall–Kier alpha value is -3.29. The van der Waals surface area contributed by atoms with Gasteiger partial charge in [0.05, 0.1) is 18.1 Å². The minimum atomic E-state index is -0.0395. The summed E-state index contributed by atoms with van der Waals surface area (Å²) in [5, 5.41) is 7.83. The van der Waals surface area contributed by atoms with E-state index in [9.17, 15) is 4.79 Å². The summed E-state index contributed by atoms with van der Waals surface area (Å²) in [5.74, 6) is 1.31. The second-order valence-electron chi connectivity index (χ2n) is 6.70. The van der Waals surface area contributed by atoms with Crippen LogP contribution in [0.2, 0.25) is 0 Å². The molecule has 4 heterocycles. The predicted octanol–water partition coefficient (Wildman–Crippen LogP) is 2.00. The van der Waals surface area contributed by atoms with Crippen molar-refractivity contribution < 1.29 is 4.79 Å². The molecule has 8 heteroatoms. The van der Waals surface area contributed by atoms with Crippen LogP contribution in [0.3, 0.4) is 0 Å². The summed E-state index contributed by atoms with van der Waals surface area (Å²) in [4.78, 5) is 27.4. The zero-order valence-electron chi connectivity index (χ0n) is 15.3. The van der Waals surface area contributed by atoms with E-state index in [-0.39, 0.29) is 11.9 Å². The number of hydrogen-bond acceptors (Lipinski definition) is 6. The number of rotatable bonds is 4. The fraction of sp³-hybridized carbons (Fsp3) is 0.316. The Morgan fingerprint density at radius 3 is 2.89 bits per heavy atom. The number of nitrogens with zero attached hydrogens (tertiary/aromatic N) is 6. The normalized spacial score (nSPS) is 16.5. The van der Waals surface area contributed by atoms with Crippen LogP contribution in [0.25, 0.3) is 5.82 Å². The highest BCUT2D eigenvalue weighted by Crippen LogP contribution is 2.17. The van der Waals surface area contributed by atoms with Crippen LogP contribution in [0.4, 0.5) is 5.82 Å². The minimum Gasteiger partial charge on any atom is -0.364 e. The number of anilines is 1. The standard InChI is InChI=1S/C19H21N7O/c1-13-9-14(2)26(24-13)18-11-20-10-17(23-18)22-15-6-8-25(12-15)19(27)16-5-3-4-7-21-16/h3-5,7,9-11,15H,6,8,12H2,1-2H3,(H,22,23). The summed E-state index contributed by atoms with van der Waals surface area (Å²) in [6, 6.07) is 7.50. The lowest BCUT2D eigenvalue weighted by Gasteiger charge is -2.17. The average Bonchev–Trinajstić information content (AvgIpc) is 3.28. The molecule has 0 spiro atoms. The lowest BCUT2D eigenvalue weighted by molar-refractivity contribution is 0.0786. The van der Waals surface area contributed by atoms with Crippen LogP contribution in [0, 0.1) is 13.8 Å². The van der Waals surface area contributed by atoms with Crippen LogP contribution in [-0.4, -0.2) is 54.7 Å². The van der Waals surface area contributed by atoms with E-state index in [0.717, 1.165) is 17.8 Å². The molecule has 1 aliphatic heterocycles. The number of carbonyl (C=O) groups excluding carboxylic acids is 1. The van der Waals surface area contributed by atoms with Crippen LogP contribution in [-0.2, 0) is 0 Å². The Morgan fingerprint density at radius 1 is 1.26 bits per heavy atom. The molecule has 3 aromatic rings. The van der Waals surface area contributed by atoms with Gasteiger partial charge in [-0.25, -0.2) is 9.67 Å². The van der Waals surface area contributed by atoms with E-state index < -0.39 is 0 Å². The second kappa shape index (κ2) is 7.14. The van der Waals surface area contributed by atoms with E-state index in [1.165, 1.54) is 0 Å². The van der Waals surface area contributed by atoms with Crippen LogP contribution >= 0.6 is 0 Å². The van der Waals surface area contributed by atoms with Crippen LogP contribution < -0.4 is 5.32 Å². The lowest BCUT2D eigenvalue weighted by Crippen LogP contribution is -2.32. The van der Waals surface area contributed by atoms with Gasteiger partial charge in [-0.05, 0) is 38.5 Å². The monoisotopic (exact) mass is 363 g/mol. The average molecular weight is 363 g/mol. The molecule has 1 aliphatic rings. The maximum atomic E-state index is 12.5. The van der Waals surface area contributed by atoms with Gasteiger partial charge in [-0.3, -0.25) is 14.8 Å². The Kier molecular flexibility index (Phi) is 4.53. The SMILES string of the molecule is Cc1cc(C)n(-c2cncc(NC3CCN(C(=O)c4ccccn4)C3)n2)n1. The van der Waals surface area contributed by atoms with Crippen molar-refractivity contribution in [3.63, 3.8) is 0 Å². The first-order valence-corrected chi connectivity index (χ1v) is 8.92. The van der Waals surface area contributed by atoms with E-state index in [0.29, 0.717) is 30.4 Å². The predicted molar refractivity (Wildman–Crippen MR) is 101 cm³/mol. The van der Waals surface area contributed by atoms with E-state index in [4.69, 9.17) is 0 Å². The zero-order chi connectivity index (χ0) is 18.8. The third kappa shape index (κ3) is 3.64. The van der Waals surface area contributed by atoms with Gasteiger partial charge in [0, 0.05) is 31.0 Å². The van der Waals surface area contributed by atoms with E-state index in [2.05, 4.69) is 25.4 Å². The molecule has 1 N–H and O–H groups in total. The van der Waals surface area contributed by atoms with Crippen LogP contribution in [0.15, 0.2) is 42.9 Å². The van der Waals surface area contributed by atoms with Gasteiger partial charge in [0.15, 0.2) is 5.82 Å². The van der Waals surface area contributed by atoms with E-state index >= 15 is 0 Å². The topological polar surface area (TPSA) is 88.8 Å². The van der Waals surface area contributed by atoms with Gasteiger partial charge in [0.1, 0.15) is 11.5 Å². The number of hydrogen-bond donors (Lipinski definition) is 1. The summed E-state index contributed by atoms with van der Waals surface area (Å²) >= 11 is 0. The van der Waals surface area contributed by atoms with Crippen molar-refractivity contribution in [1.82, 2.24) is 29.6 Å². The molecule has 1 unspecified atom stereocenters. The molecule has 0 bridgehead atoms. The molecule has 3 aromatic heterocycles. The zero-order valence-corrected chi connectivity index (χ0v) is 15.3. The maximum absolute atomic E-state index is 12.5. The van der Waals surface area contributed by atoms with Crippen molar-refractivity contribution in [2.45, 2.75) is 26.3 Å². The Labute approximate surface area is 157 Å². The summed E-state index contributed by atoms with van der Waals surface area (Å²) in [5.41, 5.74) is 2.42. The first-order valence-electron chi connectivity index (χ1n) is 8.92. The molecule has 1 saturated heterocycles. The molecule has 1 fully saturated rings. The summed E-state index contributed by atoms with van der Waals surface area (Å²) < 4.78 is 1.78. The molecule has 1 atom stereocenters. The molecular formula is C19H21N7O. The fourth-order valence-electron chi connectivity index (χ4n) is 3.31. The number of carbonyl (C=O) groups is 1. The summed E-state index contributed by atoms with van der Waals surface area (Å²) in [7, 11) is 0. The molecule has 0 aliphatic carbocycles. The van der Waals surface area contributed by atoms with E-state index in [1.54, 1.807) is 35.4 Å². The van der Waals surface area contributed by atoms with E-state index in [1.807, 2.05) is 30.9 Å². The molecule has 8 nitrogen and oxygen atoms in total. The molecule has 138 valence electrons. The number of aromatic nitrogens is 5. The van der Waals surface area contributed by atoms with Gasteiger partial charge in [0.25, 0.3) is 5.91 Å². The van der Waals surface area contributed by atoms with Crippen molar-refractivity contribution >= 4 is 11.7 Å². The molecule has 1 amide bonds. The lowest BCUT2D eigenvalue weighted by atomic mass is 10.2. The van der Waals surface area contributed by atoms with Crippen molar-refractivity contribution in [3.8, 4) is 5.82 Å². The number of aryl methyl sites for hydroxylation is 2. The third-order valence-electron chi connectivity index (χ3n) is 4.56. The molecule has 27 heavy (non-hydrogen) atoms. The van der Waals surface area contributed by atoms with Crippen LogP contribution in [0.5, 0.6) is 0 Å². The fourth-order valence-corrected chi connectivity index (χ4v) is 3.31. The number of likely N-dealkylation sites (tertiary alicyclic amines) is 1. The van der Waals surface area contributed by atoms with Gasteiger partial charge in [-0.2, -0.15) is 5.10 Å². The van der Waals surface area contributed by atoms with Crippen molar-refractivity contribution in [2.75, 3.05) is 18.4 Å². The minimum absolute atomic E-state index is 0.0395. The highest BCUT2D eigenvalue weighted by Gasteiger charge is 2.27. The highest BCUT2D eigenvalue weighted by molar-refractivity contribution is 5.92. The van der Waals surface area contributed by atoms with Crippen molar-refractivity contribution in [3.05, 3.63) is 59.9 Å². The Balaban J connectivity index is 1.44. The highest BCUT2D eigenvalue weighted by atomic mass is 16.2. The third-order valence-corrected chi connectivity index (χ3v) is 4.56.